The molecule has 10 rings (SSSR count). The van der Waals surface area contributed by atoms with Gasteiger partial charge >= 0.3 is 0 Å². The van der Waals surface area contributed by atoms with Crippen LogP contribution in [0.1, 0.15) is 14.9 Å². The molecule has 0 saturated heterocycles. The van der Waals surface area contributed by atoms with Crippen molar-refractivity contribution in [2.75, 3.05) is 0 Å². The van der Waals surface area contributed by atoms with Gasteiger partial charge in [0.25, 0.3) is 0 Å². The van der Waals surface area contributed by atoms with Gasteiger partial charge in [-0.2, -0.15) is 0 Å². The molecule has 16 heteroatoms. The van der Waals surface area contributed by atoms with Crippen LogP contribution in [-0.2, 0) is 0 Å². The molecule has 0 spiro atoms. The van der Waals surface area contributed by atoms with Crippen LogP contribution < -0.4 is 18.5 Å². The molecule has 0 aromatic carbocycles. The molecule has 0 amide bonds. The number of rotatable bonds is 4. The molecule has 50 heavy (non-hydrogen) atoms. The van der Waals surface area contributed by atoms with Crippen LogP contribution in [0.3, 0.4) is 0 Å². The van der Waals surface area contributed by atoms with Crippen molar-refractivity contribution in [2.24, 2.45) is 0 Å². The Bertz CT molecular complexity index is 2050. The third kappa shape index (κ3) is 7.18. The van der Waals surface area contributed by atoms with Crippen molar-refractivity contribution in [1.82, 2.24) is 0 Å². The van der Waals surface area contributed by atoms with Gasteiger partial charge in [0, 0.05) is 63.0 Å². The summed E-state index contributed by atoms with van der Waals surface area (Å²) in [6.07, 6.45) is -3.94. The van der Waals surface area contributed by atoms with Crippen LogP contribution in [0.15, 0.2) is 70.1 Å². The first-order valence-electron chi connectivity index (χ1n) is 15.5. The lowest BCUT2D eigenvalue weighted by Crippen LogP contribution is -1.86. The van der Waals surface area contributed by atoms with Gasteiger partial charge in [-0.3, -0.25) is 0 Å². The lowest BCUT2D eigenvalue weighted by molar-refractivity contribution is 1.75. The van der Waals surface area contributed by atoms with Gasteiger partial charge in [-0.05, 0) is 94.7 Å². The molecule has 8 heterocycles. The fourth-order valence-corrected chi connectivity index (χ4v) is 21.5. The van der Waals surface area contributed by atoms with Crippen molar-refractivity contribution in [2.45, 2.75) is 14.9 Å². The molecule has 8 aromatic rings. The van der Waals surface area contributed by atoms with Crippen LogP contribution in [0.2, 0.25) is 0 Å². The van der Waals surface area contributed by atoms with Crippen LogP contribution in [-0.4, -0.2) is 5.11 Å². The Labute approximate surface area is 389 Å². The molecule has 0 fully saturated rings. The zero-order valence-electron chi connectivity index (χ0n) is 27.5. The maximum atomic E-state index is 8.39. The molecule has 4 unspecified atom stereocenters. The lowest BCUT2D eigenvalue weighted by atomic mass is 9.97. The van der Waals surface area contributed by atoms with Crippen molar-refractivity contribution in [3.63, 3.8) is 0 Å². The smallest absolute Gasteiger partial charge is 0.0747 e. The van der Waals surface area contributed by atoms with Crippen molar-refractivity contribution in [1.29, 1.82) is 5.11 Å². The molecule has 2 aliphatic carbocycles. The molecule has 2 aliphatic rings. The van der Waals surface area contributed by atoms with Gasteiger partial charge in [-0.15, -0.1) is 90.7 Å². The van der Waals surface area contributed by atoms with Crippen molar-refractivity contribution < 1.29 is 0 Å². The van der Waals surface area contributed by atoms with Gasteiger partial charge in [0.05, 0.1) is 44.1 Å². The largest absolute Gasteiger partial charge is 0.142 e. The van der Waals surface area contributed by atoms with E-state index in [0.717, 1.165) is 18.5 Å². The van der Waals surface area contributed by atoms with Gasteiger partial charge < -0.3 is 0 Å². The van der Waals surface area contributed by atoms with Crippen LogP contribution in [0.4, 0.5) is 0 Å². The highest BCUT2D eigenvalue weighted by molar-refractivity contribution is 14.2. The van der Waals surface area contributed by atoms with Gasteiger partial charge in [0.1, 0.15) is 0 Å². The first-order chi connectivity index (χ1) is 25.1. The average molecular weight is 1320 g/mol. The normalized spacial score (nSPS) is 15.3. The zero-order chi connectivity index (χ0) is 36.0. The third-order valence-electron chi connectivity index (χ3n) is 7.86. The minimum absolute atomic E-state index is 0. The summed E-state index contributed by atoms with van der Waals surface area (Å²) in [6, 6.07) is 17.9. The molecule has 0 N–H and O–H groups in total. The Kier molecular flexibility index (Phi) is 12.3. The van der Waals surface area contributed by atoms with E-state index < -0.39 is 24.7 Å². The average Bonchev–Trinajstić information content (AvgIpc) is 3.95. The Balaban J connectivity index is 0.000000176. The predicted octanol–water partition coefficient (Wildman–Crippen LogP) is 17.7. The molecule has 0 nitrogen and oxygen atoms in total. The van der Waals surface area contributed by atoms with E-state index in [-0.39, 0.29) is 14.9 Å². The Morgan fingerprint density at radius 3 is 0.780 bits per heavy atom. The van der Waals surface area contributed by atoms with E-state index in [2.05, 4.69) is 158 Å². The van der Waals surface area contributed by atoms with Crippen molar-refractivity contribution in [3.05, 3.63) is 70.1 Å². The molecule has 0 radical (unpaired) electrons. The van der Waals surface area contributed by atoms with Crippen LogP contribution in [0.5, 0.6) is 0 Å². The van der Waals surface area contributed by atoms with E-state index in [9.17, 15) is 0 Å². The van der Waals surface area contributed by atoms with Gasteiger partial charge in [-0.1, -0.05) is 103 Å². The van der Waals surface area contributed by atoms with Gasteiger partial charge in [-0.25, -0.2) is 0 Å². The monoisotopic (exact) mass is 1320 g/mol. The molecule has 256 valence electrons. The van der Waals surface area contributed by atoms with E-state index in [1.165, 1.54) is 83.5 Å². The SMILES string of the molecule is C.C.[2H]P(I)c1cc2c(s1)-c1sc(P([2H])I)cc1-c1cc(P([2H])I)sc1-c1sc(P([2H])I)cc1-2.c1cc2c(s1)-c1sccc1-c1ccsc1-c1sccc1-2. The standard InChI is InChI=1S/C16H8I4P4S4.C16H8S4.2CH4/c17-21-9-1-5-6-2-10(22-18)26-14(6)16-8(4-12(24-20)28-16)7-3-11(23-19)27-15(7)13(5)25-9;1-5-17-13-9(1)10-2-6-18-14(10)16-12(4-8-20-16)11-3-7-19-15(11)13;;/h1-4,21-24H;1-8H;2*1H4/i21D,22D,23D,24D;;;. The lowest BCUT2D eigenvalue weighted by Gasteiger charge is -2.12. The number of fused-ring (bicyclic) bond motifs is 16. The fraction of sp³-hybridized carbons (Fsp3) is 0.0588. The number of hydrogen-bond donors (Lipinski definition) is 0. The maximum Gasteiger partial charge on any atom is 0.0747 e. The van der Waals surface area contributed by atoms with E-state index in [1.807, 2.05) is 45.3 Å². The summed E-state index contributed by atoms with van der Waals surface area (Å²) in [5.41, 5.74) is 10.3. The fourth-order valence-electron chi connectivity index (χ4n) is 5.94. The summed E-state index contributed by atoms with van der Waals surface area (Å²) < 4.78 is 38.0. The van der Waals surface area contributed by atoms with Crippen molar-refractivity contribution >= 4 is 222 Å². The summed E-state index contributed by atoms with van der Waals surface area (Å²) in [4.78, 5) is 10.5. The van der Waals surface area contributed by atoms with Crippen LogP contribution >= 0.6 is 204 Å². The highest BCUT2D eigenvalue weighted by Gasteiger charge is 2.30. The summed E-state index contributed by atoms with van der Waals surface area (Å²) >= 11 is 23.2. The van der Waals surface area contributed by atoms with Crippen LogP contribution in [0.25, 0.3) is 83.5 Å². The summed E-state index contributed by atoms with van der Waals surface area (Å²) in [6.45, 7) is 0. The molecule has 0 aliphatic heterocycles. The second-order valence-corrected chi connectivity index (χ2v) is 27.8. The number of halogens is 4. The Morgan fingerprint density at radius 2 is 0.580 bits per heavy atom. The molecular formula is C34H24I4P4S8. The molecule has 0 bridgehead atoms. The zero-order valence-corrected chi connectivity index (χ0v) is 42.2. The topological polar surface area (TPSA) is 0 Å². The van der Waals surface area contributed by atoms with E-state index in [1.54, 1.807) is 45.3 Å². The highest BCUT2D eigenvalue weighted by Crippen LogP contribution is 2.57. The van der Waals surface area contributed by atoms with Gasteiger partial charge in [0.15, 0.2) is 0 Å². The molecule has 4 atom stereocenters. The quantitative estimate of drug-likeness (QED) is 0.122. The van der Waals surface area contributed by atoms with E-state index in [4.69, 9.17) is 5.11 Å². The second kappa shape index (κ2) is 17.4. The first-order valence-corrected chi connectivity index (χ1v) is 35.3. The maximum absolute atomic E-state index is 8.39. The van der Waals surface area contributed by atoms with Crippen molar-refractivity contribution in [3.8, 4) is 83.5 Å². The minimum atomic E-state index is -0.986. The molecule has 0 saturated carbocycles. The highest BCUT2D eigenvalue weighted by atomic mass is 127. The Morgan fingerprint density at radius 1 is 0.360 bits per heavy atom. The molecule has 8 aromatic heterocycles. The van der Waals surface area contributed by atoms with Crippen LogP contribution in [0, 0.1) is 0 Å². The minimum Gasteiger partial charge on any atom is -0.142 e. The van der Waals surface area contributed by atoms with E-state index in [0.29, 0.717) is 0 Å². The summed E-state index contributed by atoms with van der Waals surface area (Å²) in [7, 11) is 0. The summed E-state index contributed by atoms with van der Waals surface area (Å²) in [5, 5.41) is 8.87. The van der Waals surface area contributed by atoms with Gasteiger partial charge in [0.2, 0.25) is 0 Å². The second-order valence-electron chi connectivity index (χ2n) is 10.3. The summed E-state index contributed by atoms with van der Waals surface area (Å²) in [5.74, 6) is 0. The third-order valence-corrected chi connectivity index (χ3v) is 29.5. The Hall–Kier alpha value is 2.24. The predicted molar refractivity (Wildman–Crippen MR) is 288 cm³/mol. The first kappa shape index (κ1) is 35.4. The number of hydrogen-bond acceptors (Lipinski definition) is 8. The van der Waals surface area contributed by atoms with E-state index >= 15 is 0 Å². The number of thiophene rings is 8. The molecular weight excluding hydrogens is 1300 g/mol.